The highest BCUT2D eigenvalue weighted by Crippen LogP contribution is 2.23. The Hall–Kier alpha value is -2.99. The van der Waals surface area contributed by atoms with Gasteiger partial charge in [0.05, 0.1) is 18.2 Å². The van der Waals surface area contributed by atoms with Gasteiger partial charge in [-0.1, -0.05) is 60.7 Å². The molecule has 138 valence electrons. The fourth-order valence-corrected chi connectivity index (χ4v) is 3.38. The number of aromatic nitrogens is 1. The minimum Gasteiger partial charge on any atom is -0.455 e. The summed E-state index contributed by atoms with van der Waals surface area (Å²) in [5.74, 6) is -0.801. The largest absolute Gasteiger partial charge is 0.455 e. The summed E-state index contributed by atoms with van der Waals surface area (Å²) in [6.07, 6.45) is 0.0465. The SMILES string of the molecule is CC(NC(=O)COC(=O)Cc1csc(-c2ccccc2)n1)c1ccccc1. The lowest BCUT2D eigenvalue weighted by Gasteiger charge is -2.14. The number of ether oxygens (including phenoxy) is 1. The molecule has 0 bridgehead atoms. The average molecular weight is 380 g/mol. The number of nitrogens with one attached hydrogen (secondary N) is 1. The van der Waals surface area contributed by atoms with Gasteiger partial charge in [-0.05, 0) is 12.5 Å². The predicted molar refractivity (Wildman–Crippen MR) is 105 cm³/mol. The van der Waals surface area contributed by atoms with E-state index in [1.807, 2.05) is 73.0 Å². The smallest absolute Gasteiger partial charge is 0.312 e. The van der Waals surface area contributed by atoms with Crippen LogP contribution in [-0.2, 0) is 20.7 Å². The molecule has 5 nitrogen and oxygen atoms in total. The number of hydrogen-bond acceptors (Lipinski definition) is 5. The van der Waals surface area contributed by atoms with E-state index in [-0.39, 0.29) is 25.0 Å². The molecule has 1 heterocycles. The van der Waals surface area contributed by atoms with E-state index in [4.69, 9.17) is 4.74 Å². The van der Waals surface area contributed by atoms with Crippen LogP contribution < -0.4 is 5.32 Å². The summed E-state index contributed by atoms with van der Waals surface area (Å²) in [5, 5.41) is 5.50. The maximum Gasteiger partial charge on any atom is 0.312 e. The van der Waals surface area contributed by atoms with Crippen LogP contribution in [0.3, 0.4) is 0 Å². The van der Waals surface area contributed by atoms with Crippen molar-refractivity contribution in [1.82, 2.24) is 10.3 Å². The van der Waals surface area contributed by atoms with Gasteiger partial charge in [-0.25, -0.2) is 4.98 Å². The van der Waals surface area contributed by atoms with Gasteiger partial charge in [0.2, 0.25) is 0 Å². The molecule has 6 heteroatoms. The molecule has 1 amide bonds. The molecule has 0 aliphatic heterocycles. The average Bonchev–Trinajstić information content (AvgIpc) is 3.16. The molecule has 1 aromatic heterocycles. The Morgan fingerprint density at radius 2 is 1.74 bits per heavy atom. The van der Waals surface area contributed by atoms with Crippen LogP contribution in [0.4, 0.5) is 0 Å². The van der Waals surface area contributed by atoms with Gasteiger partial charge in [0.25, 0.3) is 5.91 Å². The number of nitrogens with zero attached hydrogens (tertiary/aromatic N) is 1. The van der Waals surface area contributed by atoms with Gasteiger partial charge >= 0.3 is 5.97 Å². The molecule has 27 heavy (non-hydrogen) atoms. The third kappa shape index (κ3) is 5.49. The Bertz CT molecular complexity index is 894. The summed E-state index contributed by atoms with van der Waals surface area (Å²) < 4.78 is 5.07. The van der Waals surface area contributed by atoms with Gasteiger partial charge in [-0.15, -0.1) is 11.3 Å². The summed E-state index contributed by atoms with van der Waals surface area (Å²) >= 11 is 1.48. The van der Waals surface area contributed by atoms with E-state index in [0.717, 1.165) is 16.1 Å². The highest BCUT2D eigenvalue weighted by atomic mass is 32.1. The Balaban J connectivity index is 1.46. The zero-order chi connectivity index (χ0) is 19.1. The molecule has 2 aromatic carbocycles. The molecular weight excluding hydrogens is 360 g/mol. The standard InChI is InChI=1S/C21H20N2O3S/c1-15(16-8-4-2-5-9-16)22-19(24)13-26-20(25)12-18-14-27-21(23-18)17-10-6-3-7-11-17/h2-11,14-15H,12-13H2,1H3,(H,22,24). The first-order chi connectivity index (χ1) is 13.1. The lowest BCUT2D eigenvalue weighted by atomic mass is 10.1. The van der Waals surface area contributed by atoms with Crippen LogP contribution in [0.15, 0.2) is 66.0 Å². The van der Waals surface area contributed by atoms with Crippen LogP contribution >= 0.6 is 11.3 Å². The fraction of sp³-hybridized carbons (Fsp3) is 0.190. The molecule has 0 saturated carbocycles. The molecule has 0 spiro atoms. The Morgan fingerprint density at radius 3 is 2.44 bits per heavy atom. The second-order valence-electron chi connectivity index (χ2n) is 6.05. The lowest BCUT2D eigenvalue weighted by molar-refractivity contribution is -0.148. The summed E-state index contributed by atoms with van der Waals surface area (Å²) in [6, 6.07) is 19.2. The number of rotatable bonds is 7. The summed E-state index contributed by atoms with van der Waals surface area (Å²) in [4.78, 5) is 28.4. The molecule has 1 unspecified atom stereocenters. The molecular formula is C21H20N2O3S. The second-order valence-corrected chi connectivity index (χ2v) is 6.91. The van der Waals surface area contributed by atoms with E-state index in [1.165, 1.54) is 11.3 Å². The van der Waals surface area contributed by atoms with E-state index in [1.54, 1.807) is 0 Å². The van der Waals surface area contributed by atoms with Gasteiger partial charge in [-0.3, -0.25) is 9.59 Å². The highest BCUT2D eigenvalue weighted by molar-refractivity contribution is 7.13. The maximum absolute atomic E-state index is 12.0. The second kappa shape index (κ2) is 9.09. The van der Waals surface area contributed by atoms with Crippen molar-refractivity contribution in [3.8, 4) is 10.6 Å². The van der Waals surface area contributed by atoms with Crippen LogP contribution in [-0.4, -0.2) is 23.5 Å². The van der Waals surface area contributed by atoms with Crippen molar-refractivity contribution in [3.63, 3.8) is 0 Å². The van der Waals surface area contributed by atoms with E-state index < -0.39 is 5.97 Å². The summed E-state index contributed by atoms with van der Waals surface area (Å²) in [6.45, 7) is 1.58. The summed E-state index contributed by atoms with van der Waals surface area (Å²) in [7, 11) is 0. The molecule has 3 aromatic rings. The molecule has 0 fully saturated rings. The maximum atomic E-state index is 12.0. The summed E-state index contributed by atoms with van der Waals surface area (Å²) in [5.41, 5.74) is 2.64. The molecule has 1 atom stereocenters. The number of amides is 1. The predicted octanol–water partition coefficient (Wildman–Crippen LogP) is 3.77. The highest BCUT2D eigenvalue weighted by Gasteiger charge is 2.14. The van der Waals surface area contributed by atoms with Crippen LogP contribution in [0.1, 0.15) is 24.2 Å². The van der Waals surface area contributed by atoms with E-state index in [9.17, 15) is 9.59 Å². The number of hydrogen-bond donors (Lipinski definition) is 1. The van der Waals surface area contributed by atoms with Crippen molar-refractivity contribution in [2.45, 2.75) is 19.4 Å². The lowest BCUT2D eigenvalue weighted by Crippen LogP contribution is -2.31. The third-order valence-corrected chi connectivity index (χ3v) is 4.88. The first-order valence-electron chi connectivity index (χ1n) is 8.61. The minimum absolute atomic E-state index is 0.0465. The molecule has 0 aliphatic rings. The quantitative estimate of drug-likeness (QED) is 0.634. The van der Waals surface area contributed by atoms with Crippen LogP contribution in [0, 0.1) is 0 Å². The van der Waals surface area contributed by atoms with Crippen LogP contribution in [0.5, 0.6) is 0 Å². The Labute approximate surface area is 162 Å². The number of carbonyl (C=O) groups is 2. The number of thiazole rings is 1. The van der Waals surface area contributed by atoms with Crippen LogP contribution in [0.2, 0.25) is 0 Å². The molecule has 0 radical (unpaired) electrons. The van der Waals surface area contributed by atoms with Gasteiger partial charge in [-0.2, -0.15) is 0 Å². The number of carbonyl (C=O) groups excluding carboxylic acids is 2. The fourth-order valence-electron chi connectivity index (χ4n) is 2.55. The van der Waals surface area contributed by atoms with Crippen molar-refractivity contribution in [1.29, 1.82) is 0 Å². The molecule has 0 aliphatic carbocycles. The first kappa shape index (κ1) is 18.8. The van der Waals surface area contributed by atoms with Crippen LogP contribution in [0.25, 0.3) is 10.6 Å². The van der Waals surface area contributed by atoms with Crippen molar-refractivity contribution in [2.24, 2.45) is 0 Å². The van der Waals surface area contributed by atoms with Gasteiger partial charge in [0, 0.05) is 10.9 Å². The van der Waals surface area contributed by atoms with E-state index in [0.29, 0.717) is 5.69 Å². The number of esters is 1. The van der Waals surface area contributed by atoms with Crippen molar-refractivity contribution >= 4 is 23.2 Å². The van der Waals surface area contributed by atoms with E-state index >= 15 is 0 Å². The Kier molecular flexibility index (Phi) is 6.33. The molecule has 3 rings (SSSR count). The zero-order valence-corrected chi connectivity index (χ0v) is 15.7. The van der Waals surface area contributed by atoms with Crippen molar-refractivity contribution in [3.05, 3.63) is 77.3 Å². The topological polar surface area (TPSA) is 68.3 Å². The zero-order valence-electron chi connectivity index (χ0n) is 14.9. The van der Waals surface area contributed by atoms with E-state index in [2.05, 4.69) is 10.3 Å². The Morgan fingerprint density at radius 1 is 1.07 bits per heavy atom. The number of benzene rings is 2. The normalized spacial score (nSPS) is 11.6. The van der Waals surface area contributed by atoms with Gasteiger partial charge in [0.1, 0.15) is 5.01 Å². The third-order valence-electron chi connectivity index (χ3n) is 3.94. The van der Waals surface area contributed by atoms with Gasteiger partial charge in [0.15, 0.2) is 6.61 Å². The monoisotopic (exact) mass is 380 g/mol. The first-order valence-corrected chi connectivity index (χ1v) is 9.49. The molecule has 0 saturated heterocycles. The van der Waals surface area contributed by atoms with Gasteiger partial charge < -0.3 is 10.1 Å². The molecule has 1 N–H and O–H groups in total. The van der Waals surface area contributed by atoms with Crippen molar-refractivity contribution in [2.75, 3.05) is 6.61 Å². The minimum atomic E-state index is -0.470. The van der Waals surface area contributed by atoms with Crippen molar-refractivity contribution < 1.29 is 14.3 Å².